The van der Waals surface area contributed by atoms with Gasteiger partial charge in [-0.1, -0.05) is 42.5 Å². The summed E-state index contributed by atoms with van der Waals surface area (Å²) < 4.78 is 1.16. The Kier molecular flexibility index (Phi) is 4.39. The van der Waals surface area contributed by atoms with Crippen LogP contribution in [-0.2, 0) is 4.79 Å². The second-order valence-corrected chi connectivity index (χ2v) is 6.26. The molecule has 0 aromatic heterocycles. The SMILES string of the molecule is O=C1CCCC(Nc2ccccc2I)=C1c1ccccc1. The third-order valence-electron chi connectivity index (χ3n) is 3.63. The number of hydrogen-bond acceptors (Lipinski definition) is 2. The summed E-state index contributed by atoms with van der Waals surface area (Å²) in [6.07, 6.45) is 2.48. The van der Waals surface area contributed by atoms with Gasteiger partial charge in [0.2, 0.25) is 0 Å². The Labute approximate surface area is 138 Å². The first-order chi connectivity index (χ1) is 10.3. The second kappa shape index (κ2) is 6.43. The van der Waals surface area contributed by atoms with Crippen LogP contribution in [0.5, 0.6) is 0 Å². The molecule has 0 heterocycles. The fraction of sp³-hybridized carbons (Fsp3) is 0.167. The number of para-hydroxylation sites is 1. The quantitative estimate of drug-likeness (QED) is 0.760. The fourth-order valence-corrected chi connectivity index (χ4v) is 3.16. The maximum atomic E-state index is 12.4. The van der Waals surface area contributed by atoms with Gasteiger partial charge in [0.1, 0.15) is 0 Å². The van der Waals surface area contributed by atoms with E-state index in [1.54, 1.807) is 0 Å². The Morgan fingerprint density at radius 2 is 1.62 bits per heavy atom. The van der Waals surface area contributed by atoms with Gasteiger partial charge in [0.25, 0.3) is 0 Å². The van der Waals surface area contributed by atoms with Crippen molar-refractivity contribution in [2.75, 3.05) is 5.32 Å². The molecule has 2 aromatic carbocycles. The summed E-state index contributed by atoms with van der Waals surface area (Å²) in [7, 11) is 0. The monoisotopic (exact) mass is 389 g/mol. The average Bonchev–Trinajstić information content (AvgIpc) is 2.51. The summed E-state index contributed by atoms with van der Waals surface area (Å²) in [5.41, 5.74) is 3.97. The number of hydrogen-bond donors (Lipinski definition) is 1. The van der Waals surface area contributed by atoms with Crippen LogP contribution in [0.4, 0.5) is 5.69 Å². The highest BCUT2D eigenvalue weighted by Crippen LogP contribution is 2.31. The standard InChI is InChI=1S/C18H16INO/c19-14-9-4-5-10-15(14)20-16-11-6-12-17(21)18(16)13-7-2-1-3-8-13/h1-5,7-10,20H,6,11-12H2. The molecule has 0 amide bonds. The zero-order valence-electron chi connectivity index (χ0n) is 11.6. The summed E-state index contributed by atoms with van der Waals surface area (Å²) in [5.74, 6) is 0.237. The van der Waals surface area contributed by atoms with Crippen molar-refractivity contribution in [3.8, 4) is 0 Å². The van der Waals surface area contributed by atoms with Gasteiger partial charge in [0.15, 0.2) is 5.78 Å². The summed E-state index contributed by atoms with van der Waals surface area (Å²) in [5, 5.41) is 3.48. The number of anilines is 1. The second-order valence-electron chi connectivity index (χ2n) is 5.10. The number of benzene rings is 2. The number of rotatable bonds is 3. The average molecular weight is 389 g/mol. The molecule has 1 aliphatic rings. The molecule has 2 nitrogen and oxygen atoms in total. The van der Waals surface area contributed by atoms with E-state index in [4.69, 9.17) is 0 Å². The van der Waals surface area contributed by atoms with E-state index in [0.717, 1.165) is 38.9 Å². The van der Waals surface area contributed by atoms with E-state index in [-0.39, 0.29) is 5.78 Å². The highest BCUT2D eigenvalue weighted by molar-refractivity contribution is 14.1. The van der Waals surface area contributed by atoms with Crippen LogP contribution < -0.4 is 5.32 Å². The zero-order chi connectivity index (χ0) is 14.7. The molecule has 0 bridgehead atoms. The molecule has 0 unspecified atom stereocenters. The molecule has 0 radical (unpaired) electrons. The van der Waals surface area contributed by atoms with Gasteiger partial charge in [-0.25, -0.2) is 0 Å². The summed E-state index contributed by atoms with van der Waals surface area (Å²) in [6, 6.07) is 18.1. The maximum absolute atomic E-state index is 12.4. The van der Waals surface area contributed by atoms with Crippen LogP contribution in [0.3, 0.4) is 0 Å². The van der Waals surface area contributed by atoms with Gasteiger partial charge in [-0.3, -0.25) is 4.79 Å². The van der Waals surface area contributed by atoms with E-state index < -0.39 is 0 Å². The first-order valence-corrected chi connectivity index (χ1v) is 8.17. The van der Waals surface area contributed by atoms with E-state index >= 15 is 0 Å². The lowest BCUT2D eigenvalue weighted by atomic mass is 9.89. The number of nitrogens with one attached hydrogen (secondary N) is 1. The minimum atomic E-state index is 0.237. The summed E-state index contributed by atoms with van der Waals surface area (Å²) in [4.78, 5) is 12.4. The minimum Gasteiger partial charge on any atom is -0.357 e. The highest BCUT2D eigenvalue weighted by Gasteiger charge is 2.22. The van der Waals surface area contributed by atoms with Gasteiger partial charge in [-0.05, 0) is 53.1 Å². The van der Waals surface area contributed by atoms with Gasteiger partial charge in [0.05, 0.1) is 5.69 Å². The van der Waals surface area contributed by atoms with Crippen molar-refractivity contribution >= 4 is 39.6 Å². The van der Waals surface area contributed by atoms with E-state index in [9.17, 15) is 4.79 Å². The maximum Gasteiger partial charge on any atom is 0.165 e. The van der Waals surface area contributed by atoms with Crippen molar-refractivity contribution in [1.29, 1.82) is 0 Å². The number of ketones is 1. The lowest BCUT2D eigenvalue weighted by molar-refractivity contribution is -0.114. The van der Waals surface area contributed by atoms with Crippen LogP contribution in [0.1, 0.15) is 24.8 Å². The molecule has 1 N–H and O–H groups in total. The van der Waals surface area contributed by atoms with Crippen molar-refractivity contribution in [3.05, 3.63) is 69.4 Å². The van der Waals surface area contributed by atoms with E-state index in [1.807, 2.05) is 42.5 Å². The Hall–Kier alpha value is -1.62. The van der Waals surface area contributed by atoms with Crippen molar-refractivity contribution in [1.82, 2.24) is 0 Å². The first-order valence-electron chi connectivity index (χ1n) is 7.09. The Morgan fingerprint density at radius 1 is 0.905 bits per heavy atom. The van der Waals surface area contributed by atoms with Gasteiger partial charge in [-0.2, -0.15) is 0 Å². The Bertz CT molecular complexity index is 691. The van der Waals surface area contributed by atoms with Crippen molar-refractivity contribution < 1.29 is 4.79 Å². The predicted molar refractivity (Wildman–Crippen MR) is 95.0 cm³/mol. The van der Waals surface area contributed by atoms with Crippen LogP contribution in [0.25, 0.3) is 5.57 Å². The number of allylic oxidation sites excluding steroid dienone is 2. The molecule has 106 valence electrons. The van der Waals surface area contributed by atoms with E-state index in [2.05, 4.69) is 40.0 Å². The molecular weight excluding hydrogens is 373 g/mol. The van der Waals surface area contributed by atoms with Crippen LogP contribution >= 0.6 is 22.6 Å². The molecule has 0 saturated carbocycles. The molecule has 3 rings (SSSR count). The molecule has 0 spiro atoms. The third-order valence-corrected chi connectivity index (χ3v) is 4.57. The van der Waals surface area contributed by atoms with Gasteiger partial charge in [0, 0.05) is 21.3 Å². The lowest BCUT2D eigenvalue weighted by Crippen LogP contribution is -2.16. The van der Waals surface area contributed by atoms with E-state index in [1.165, 1.54) is 0 Å². The summed E-state index contributed by atoms with van der Waals surface area (Å²) in [6.45, 7) is 0. The molecule has 0 fully saturated rings. The molecule has 21 heavy (non-hydrogen) atoms. The number of carbonyl (C=O) groups excluding carboxylic acids is 1. The van der Waals surface area contributed by atoms with Crippen LogP contribution in [-0.4, -0.2) is 5.78 Å². The highest BCUT2D eigenvalue weighted by atomic mass is 127. The molecule has 1 aliphatic carbocycles. The normalized spacial score (nSPS) is 15.2. The number of carbonyl (C=O) groups is 1. The van der Waals surface area contributed by atoms with Crippen LogP contribution in [0, 0.1) is 3.57 Å². The molecular formula is C18H16INO. The molecule has 3 heteroatoms. The zero-order valence-corrected chi connectivity index (χ0v) is 13.8. The van der Waals surface area contributed by atoms with Gasteiger partial charge < -0.3 is 5.32 Å². The topological polar surface area (TPSA) is 29.1 Å². The number of Topliss-reactive ketones (excluding diaryl/α,β-unsaturated/α-hetero) is 1. The molecule has 0 atom stereocenters. The van der Waals surface area contributed by atoms with Crippen molar-refractivity contribution in [3.63, 3.8) is 0 Å². The van der Waals surface area contributed by atoms with Gasteiger partial charge in [-0.15, -0.1) is 0 Å². The third kappa shape index (κ3) is 3.18. The lowest BCUT2D eigenvalue weighted by Gasteiger charge is -2.21. The molecule has 2 aromatic rings. The molecule has 0 saturated heterocycles. The predicted octanol–water partition coefficient (Wildman–Crippen LogP) is 4.87. The van der Waals surface area contributed by atoms with E-state index in [0.29, 0.717) is 6.42 Å². The first kappa shape index (κ1) is 14.3. The van der Waals surface area contributed by atoms with Crippen LogP contribution in [0.2, 0.25) is 0 Å². The summed E-state index contributed by atoms with van der Waals surface area (Å²) >= 11 is 2.31. The smallest absolute Gasteiger partial charge is 0.165 e. The number of halogens is 1. The van der Waals surface area contributed by atoms with Crippen molar-refractivity contribution in [2.24, 2.45) is 0 Å². The molecule has 0 aliphatic heterocycles. The fourth-order valence-electron chi connectivity index (χ4n) is 2.63. The Balaban J connectivity index is 2.03. The van der Waals surface area contributed by atoms with Gasteiger partial charge >= 0.3 is 0 Å². The minimum absolute atomic E-state index is 0.237. The Morgan fingerprint density at radius 3 is 2.38 bits per heavy atom. The largest absolute Gasteiger partial charge is 0.357 e. The van der Waals surface area contributed by atoms with Crippen molar-refractivity contribution in [2.45, 2.75) is 19.3 Å². The van der Waals surface area contributed by atoms with Crippen LogP contribution in [0.15, 0.2) is 60.3 Å².